The lowest BCUT2D eigenvalue weighted by Gasteiger charge is -2.11. The highest BCUT2D eigenvalue weighted by atomic mass is 16.1. The van der Waals surface area contributed by atoms with Gasteiger partial charge in [0.1, 0.15) is 0 Å². The standard InChI is InChI=1S/C18H18N6O/c1-3-23-14-7-5-4-6-13(14)20-17(18(23)25)19-10-16-22-21-15-9-8-12(2)11-24(15)16/h4-9,11H,3,10H2,1-2H3,(H,19,20). The minimum Gasteiger partial charge on any atom is -0.358 e. The molecular formula is C18H18N6O. The van der Waals surface area contributed by atoms with Gasteiger partial charge >= 0.3 is 0 Å². The van der Waals surface area contributed by atoms with Crippen molar-refractivity contribution in [2.24, 2.45) is 0 Å². The lowest BCUT2D eigenvalue weighted by atomic mass is 10.3. The van der Waals surface area contributed by atoms with Gasteiger partial charge in [0.2, 0.25) is 0 Å². The van der Waals surface area contributed by atoms with E-state index in [1.54, 1.807) is 4.57 Å². The Morgan fingerprint density at radius 2 is 1.96 bits per heavy atom. The molecule has 3 aromatic heterocycles. The molecule has 4 aromatic rings. The molecule has 0 aliphatic rings. The monoisotopic (exact) mass is 334 g/mol. The maximum Gasteiger partial charge on any atom is 0.293 e. The second-order valence-corrected chi connectivity index (χ2v) is 5.90. The Balaban J connectivity index is 1.72. The summed E-state index contributed by atoms with van der Waals surface area (Å²) < 4.78 is 3.64. The molecule has 7 nitrogen and oxygen atoms in total. The van der Waals surface area contributed by atoms with E-state index in [2.05, 4.69) is 20.5 Å². The van der Waals surface area contributed by atoms with Gasteiger partial charge in [-0.2, -0.15) is 0 Å². The summed E-state index contributed by atoms with van der Waals surface area (Å²) in [7, 11) is 0. The number of pyridine rings is 1. The molecule has 0 unspecified atom stereocenters. The number of fused-ring (bicyclic) bond motifs is 2. The summed E-state index contributed by atoms with van der Waals surface area (Å²) in [6.45, 7) is 4.92. The largest absolute Gasteiger partial charge is 0.358 e. The second-order valence-electron chi connectivity index (χ2n) is 5.90. The van der Waals surface area contributed by atoms with E-state index in [0.29, 0.717) is 18.9 Å². The van der Waals surface area contributed by atoms with Gasteiger partial charge < -0.3 is 9.88 Å². The first-order valence-electron chi connectivity index (χ1n) is 8.21. The van der Waals surface area contributed by atoms with Gasteiger partial charge in [-0.25, -0.2) is 4.98 Å². The highest BCUT2D eigenvalue weighted by Gasteiger charge is 2.11. The van der Waals surface area contributed by atoms with Gasteiger partial charge in [0.05, 0.1) is 17.6 Å². The van der Waals surface area contributed by atoms with Crippen LogP contribution in [0.15, 0.2) is 47.4 Å². The van der Waals surface area contributed by atoms with E-state index in [1.807, 2.05) is 60.8 Å². The summed E-state index contributed by atoms with van der Waals surface area (Å²) in [5.74, 6) is 1.06. The lowest BCUT2D eigenvalue weighted by molar-refractivity contribution is 0.752. The van der Waals surface area contributed by atoms with E-state index in [1.165, 1.54) is 0 Å². The summed E-state index contributed by atoms with van der Waals surface area (Å²) in [6, 6.07) is 11.6. The van der Waals surface area contributed by atoms with Crippen LogP contribution in [0.4, 0.5) is 5.82 Å². The second kappa shape index (κ2) is 6.01. The molecule has 0 radical (unpaired) electrons. The van der Waals surface area contributed by atoms with Crippen LogP contribution in [0.2, 0.25) is 0 Å². The molecule has 0 bridgehead atoms. The number of para-hydroxylation sites is 2. The summed E-state index contributed by atoms with van der Waals surface area (Å²) in [5, 5.41) is 11.5. The zero-order valence-corrected chi connectivity index (χ0v) is 14.1. The molecule has 25 heavy (non-hydrogen) atoms. The summed E-state index contributed by atoms with van der Waals surface area (Å²) in [5.41, 5.74) is 3.38. The van der Waals surface area contributed by atoms with Crippen LogP contribution in [0.25, 0.3) is 16.7 Å². The number of benzene rings is 1. The SMILES string of the molecule is CCn1c(=O)c(NCc2nnc3ccc(C)cn23)nc2ccccc21. The molecule has 126 valence electrons. The molecule has 0 atom stereocenters. The molecule has 0 saturated carbocycles. The third kappa shape index (κ3) is 2.63. The van der Waals surface area contributed by atoms with E-state index in [4.69, 9.17) is 0 Å². The predicted octanol–water partition coefficient (Wildman–Crippen LogP) is 2.38. The highest BCUT2D eigenvalue weighted by Crippen LogP contribution is 2.13. The molecule has 0 spiro atoms. The van der Waals surface area contributed by atoms with Crippen LogP contribution >= 0.6 is 0 Å². The predicted molar refractivity (Wildman–Crippen MR) is 96.7 cm³/mol. The van der Waals surface area contributed by atoms with Crippen LogP contribution in [0.5, 0.6) is 0 Å². The van der Waals surface area contributed by atoms with E-state index in [0.717, 1.165) is 28.1 Å². The van der Waals surface area contributed by atoms with Gasteiger partial charge in [-0.15, -0.1) is 10.2 Å². The van der Waals surface area contributed by atoms with Gasteiger partial charge in [0.25, 0.3) is 5.56 Å². The number of rotatable bonds is 4. The highest BCUT2D eigenvalue weighted by molar-refractivity contribution is 5.76. The van der Waals surface area contributed by atoms with Gasteiger partial charge in [-0.1, -0.05) is 18.2 Å². The van der Waals surface area contributed by atoms with Crippen molar-refractivity contribution in [3.63, 3.8) is 0 Å². The average molecular weight is 334 g/mol. The van der Waals surface area contributed by atoms with Crippen molar-refractivity contribution in [1.82, 2.24) is 24.1 Å². The van der Waals surface area contributed by atoms with Crippen LogP contribution in [-0.4, -0.2) is 24.1 Å². The van der Waals surface area contributed by atoms with Crippen molar-refractivity contribution < 1.29 is 0 Å². The number of hydrogen-bond donors (Lipinski definition) is 1. The van der Waals surface area contributed by atoms with Gasteiger partial charge in [0.15, 0.2) is 17.3 Å². The van der Waals surface area contributed by atoms with Gasteiger partial charge in [-0.05, 0) is 37.6 Å². The Morgan fingerprint density at radius 1 is 1.12 bits per heavy atom. The molecule has 4 rings (SSSR count). The van der Waals surface area contributed by atoms with Gasteiger partial charge in [0, 0.05) is 12.7 Å². The third-order valence-corrected chi connectivity index (χ3v) is 4.20. The normalized spacial score (nSPS) is 11.3. The number of aromatic nitrogens is 5. The molecule has 0 fully saturated rings. The summed E-state index contributed by atoms with van der Waals surface area (Å²) in [4.78, 5) is 17.2. The number of nitrogens with one attached hydrogen (secondary N) is 1. The van der Waals surface area contributed by atoms with Crippen molar-refractivity contribution in [3.05, 3.63) is 64.3 Å². The smallest absolute Gasteiger partial charge is 0.293 e. The molecule has 0 aliphatic heterocycles. The minimum atomic E-state index is -0.133. The molecule has 0 amide bonds. The van der Waals surface area contributed by atoms with Gasteiger partial charge in [-0.3, -0.25) is 9.20 Å². The molecule has 3 heterocycles. The zero-order valence-electron chi connectivity index (χ0n) is 14.1. The molecule has 0 saturated heterocycles. The van der Waals surface area contributed by atoms with Crippen molar-refractivity contribution in [2.45, 2.75) is 26.9 Å². The molecule has 7 heteroatoms. The Morgan fingerprint density at radius 3 is 2.80 bits per heavy atom. The third-order valence-electron chi connectivity index (χ3n) is 4.20. The summed E-state index contributed by atoms with van der Waals surface area (Å²) >= 11 is 0. The maximum absolute atomic E-state index is 12.7. The molecule has 1 N–H and O–H groups in total. The zero-order chi connectivity index (χ0) is 17.4. The minimum absolute atomic E-state index is 0.133. The van der Waals surface area contributed by atoms with Crippen molar-refractivity contribution in [1.29, 1.82) is 0 Å². The maximum atomic E-state index is 12.7. The fourth-order valence-corrected chi connectivity index (χ4v) is 2.95. The topological polar surface area (TPSA) is 77.1 Å². The van der Waals surface area contributed by atoms with Crippen LogP contribution in [0.1, 0.15) is 18.3 Å². The lowest BCUT2D eigenvalue weighted by Crippen LogP contribution is -2.25. The number of hydrogen-bond acceptors (Lipinski definition) is 5. The fraction of sp³-hybridized carbons (Fsp3) is 0.222. The summed E-state index contributed by atoms with van der Waals surface area (Å²) in [6.07, 6.45) is 1.98. The van der Waals surface area contributed by atoms with Crippen molar-refractivity contribution in [3.8, 4) is 0 Å². The Labute approximate surface area is 144 Å². The van der Waals surface area contributed by atoms with E-state index in [9.17, 15) is 4.79 Å². The number of anilines is 1. The first kappa shape index (κ1) is 15.3. The van der Waals surface area contributed by atoms with E-state index in [-0.39, 0.29) is 5.56 Å². The fourth-order valence-electron chi connectivity index (χ4n) is 2.95. The average Bonchev–Trinajstić information content (AvgIpc) is 3.02. The van der Waals surface area contributed by atoms with E-state index < -0.39 is 0 Å². The quantitative estimate of drug-likeness (QED) is 0.620. The van der Waals surface area contributed by atoms with E-state index >= 15 is 0 Å². The Bertz CT molecular complexity index is 1130. The first-order chi connectivity index (χ1) is 12.2. The number of aryl methyl sites for hydroxylation is 2. The van der Waals surface area contributed by atoms with Crippen molar-refractivity contribution >= 4 is 22.5 Å². The molecule has 0 aliphatic carbocycles. The van der Waals surface area contributed by atoms with Crippen LogP contribution in [0, 0.1) is 6.92 Å². The van der Waals surface area contributed by atoms with Crippen LogP contribution in [-0.2, 0) is 13.1 Å². The van der Waals surface area contributed by atoms with Crippen molar-refractivity contribution in [2.75, 3.05) is 5.32 Å². The van der Waals surface area contributed by atoms with Crippen LogP contribution in [0.3, 0.4) is 0 Å². The Kier molecular flexibility index (Phi) is 3.68. The van der Waals surface area contributed by atoms with Crippen LogP contribution < -0.4 is 10.9 Å². The molecule has 1 aromatic carbocycles. The number of nitrogens with zero attached hydrogens (tertiary/aromatic N) is 5. The molecular weight excluding hydrogens is 316 g/mol. The Hall–Kier alpha value is -3.22. The first-order valence-corrected chi connectivity index (χ1v) is 8.21.